The SMILES string of the molecule is N#Cc1cccc([O][Zr+2][O]c2cccc(C#N)c2)c1.[Cl-].[Cl-]. The average molecular weight is 398 g/mol. The minimum Gasteiger partial charge on any atom is -1.00 e. The molecule has 104 valence electrons. The Morgan fingerprint density at radius 1 is 0.762 bits per heavy atom. The zero-order valence-corrected chi connectivity index (χ0v) is 14.6. The van der Waals surface area contributed by atoms with E-state index in [1.54, 1.807) is 48.5 Å². The van der Waals surface area contributed by atoms with E-state index in [2.05, 4.69) is 12.1 Å². The smallest absolute Gasteiger partial charge is 1.00 e. The quantitative estimate of drug-likeness (QED) is 0.545. The van der Waals surface area contributed by atoms with Crippen molar-refractivity contribution in [3.8, 4) is 23.6 Å². The van der Waals surface area contributed by atoms with Crippen molar-refractivity contribution in [2.75, 3.05) is 0 Å². The summed E-state index contributed by atoms with van der Waals surface area (Å²) in [5, 5.41) is 17.5. The van der Waals surface area contributed by atoms with Gasteiger partial charge < -0.3 is 24.8 Å². The van der Waals surface area contributed by atoms with Crippen molar-refractivity contribution < 1.29 is 54.6 Å². The first-order valence-corrected chi connectivity index (χ1v) is 7.41. The average Bonchev–Trinajstić information content (AvgIpc) is 2.48. The standard InChI is InChI=1S/2C7H5NO.2ClH.Zr/c2*8-5-6-2-1-3-7(9)4-6;;;/h2*1-4,9H;2*1H;/q;;;;+4/p-4. The molecule has 2 aromatic carbocycles. The fourth-order valence-electron chi connectivity index (χ4n) is 1.38. The molecule has 0 aromatic heterocycles. The van der Waals surface area contributed by atoms with Gasteiger partial charge in [-0.3, -0.25) is 0 Å². The summed E-state index contributed by atoms with van der Waals surface area (Å²) < 4.78 is 11.1. The third-order valence-electron chi connectivity index (χ3n) is 2.25. The summed E-state index contributed by atoms with van der Waals surface area (Å²) in [6, 6.07) is 18.0. The maximum Gasteiger partial charge on any atom is -1.00 e. The molecule has 0 amide bonds. The molecular formula is C14H8Cl2N2O2Zr. The Kier molecular flexibility index (Phi) is 9.50. The predicted octanol–water partition coefficient (Wildman–Crippen LogP) is -3.19. The van der Waals surface area contributed by atoms with E-state index in [1.807, 2.05) is 0 Å². The van der Waals surface area contributed by atoms with Crippen molar-refractivity contribution in [2.24, 2.45) is 0 Å². The van der Waals surface area contributed by atoms with Gasteiger partial charge in [-0.15, -0.1) is 0 Å². The third kappa shape index (κ3) is 6.19. The topological polar surface area (TPSA) is 66.0 Å². The summed E-state index contributed by atoms with van der Waals surface area (Å²) in [5.41, 5.74) is 1.12. The summed E-state index contributed by atoms with van der Waals surface area (Å²) in [6.45, 7) is 0. The van der Waals surface area contributed by atoms with Crippen LogP contribution < -0.4 is 30.4 Å². The summed E-state index contributed by atoms with van der Waals surface area (Å²) in [6.07, 6.45) is 0. The zero-order valence-electron chi connectivity index (χ0n) is 10.6. The molecule has 0 spiro atoms. The van der Waals surface area contributed by atoms with Crippen LogP contribution in [0.4, 0.5) is 0 Å². The van der Waals surface area contributed by atoms with Crippen LogP contribution in [-0.2, 0) is 24.1 Å². The van der Waals surface area contributed by atoms with Crippen LogP contribution >= 0.6 is 0 Å². The Balaban J connectivity index is 0.00000200. The molecule has 0 fully saturated rings. The van der Waals surface area contributed by atoms with E-state index in [0.29, 0.717) is 22.6 Å². The van der Waals surface area contributed by atoms with Gasteiger partial charge in [-0.1, -0.05) is 0 Å². The van der Waals surface area contributed by atoms with Gasteiger partial charge in [-0.05, 0) is 0 Å². The molecule has 0 aliphatic rings. The molecule has 21 heavy (non-hydrogen) atoms. The van der Waals surface area contributed by atoms with Gasteiger partial charge in [0.25, 0.3) is 0 Å². The second kappa shape index (κ2) is 10.2. The molecule has 0 heterocycles. The van der Waals surface area contributed by atoms with E-state index in [4.69, 9.17) is 16.2 Å². The Morgan fingerprint density at radius 2 is 1.19 bits per heavy atom. The van der Waals surface area contributed by atoms with Gasteiger partial charge in [-0.25, -0.2) is 0 Å². The normalized spacial score (nSPS) is 7.90. The molecule has 0 atom stereocenters. The van der Waals surface area contributed by atoms with Crippen LogP contribution in [0.5, 0.6) is 11.5 Å². The Morgan fingerprint density at radius 3 is 1.57 bits per heavy atom. The van der Waals surface area contributed by atoms with Gasteiger partial charge in [0.1, 0.15) is 0 Å². The fourth-order valence-corrected chi connectivity index (χ4v) is 2.57. The molecule has 0 aliphatic heterocycles. The molecule has 0 bridgehead atoms. The minimum absolute atomic E-state index is 0. The number of benzene rings is 2. The predicted molar refractivity (Wildman–Crippen MR) is 63.6 cm³/mol. The molecule has 0 unspecified atom stereocenters. The van der Waals surface area contributed by atoms with Crippen molar-refractivity contribution in [3.05, 3.63) is 59.7 Å². The molecule has 0 N–H and O–H groups in total. The van der Waals surface area contributed by atoms with E-state index in [-0.39, 0.29) is 24.8 Å². The Bertz CT molecular complexity index is 611. The molecule has 0 radical (unpaired) electrons. The van der Waals surface area contributed by atoms with E-state index in [9.17, 15) is 0 Å². The first-order chi connectivity index (χ1) is 9.31. The van der Waals surface area contributed by atoms with Crippen molar-refractivity contribution in [1.29, 1.82) is 10.5 Å². The van der Waals surface area contributed by atoms with Crippen molar-refractivity contribution in [2.45, 2.75) is 0 Å². The number of nitrogens with zero attached hydrogens (tertiary/aromatic N) is 2. The molecular weight excluding hydrogens is 390 g/mol. The van der Waals surface area contributed by atoms with Crippen molar-refractivity contribution in [3.63, 3.8) is 0 Å². The van der Waals surface area contributed by atoms with E-state index >= 15 is 0 Å². The Labute approximate surface area is 147 Å². The van der Waals surface area contributed by atoms with Gasteiger partial charge >= 0.3 is 124 Å². The second-order valence-corrected chi connectivity index (χ2v) is 4.98. The summed E-state index contributed by atoms with van der Waals surface area (Å²) >= 11 is -1.54. The maximum absolute atomic E-state index is 8.77. The van der Waals surface area contributed by atoms with Gasteiger partial charge in [-0.2, -0.15) is 0 Å². The summed E-state index contributed by atoms with van der Waals surface area (Å²) in [7, 11) is 0. The molecule has 0 aliphatic carbocycles. The molecule has 0 saturated carbocycles. The molecule has 4 nitrogen and oxygen atoms in total. The number of nitriles is 2. The number of halogens is 2. The van der Waals surface area contributed by atoms with E-state index in [1.165, 1.54) is 0 Å². The van der Waals surface area contributed by atoms with E-state index in [0.717, 1.165) is 0 Å². The van der Waals surface area contributed by atoms with Crippen LogP contribution in [-0.4, -0.2) is 0 Å². The van der Waals surface area contributed by atoms with Crippen molar-refractivity contribution >= 4 is 0 Å². The second-order valence-electron chi connectivity index (χ2n) is 3.57. The summed E-state index contributed by atoms with van der Waals surface area (Å²) in [5.74, 6) is 1.28. The van der Waals surface area contributed by atoms with Crippen LogP contribution in [0.3, 0.4) is 0 Å². The van der Waals surface area contributed by atoms with E-state index < -0.39 is 24.1 Å². The Hall–Kier alpha value is -1.52. The summed E-state index contributed by atoms with van der Waals surface area (Å²) in [4.78, 5) is 0. The number of rotatable bonds is 4. The first kappa shape index (κ1) is 19.5. The monoisotopic (exact) mass is 396 g/mol. The van der Waals surface area contributed by atoms with Crippen LogP contribution in [0, 0.1) is 22.7 Å². The van der Waals surface area contributed by atoms with Gasteiger partial charge in [0.15, 0.2) is 0 Å². The van der Waals surface area contributed by atoms with Gasteiger partial charge in [0, 0.05) is 0 Å². The fraction of sp³-hybridized carbons (Fsp3) is 0. The largest absolute Gasteiger partial charge is 1.00 e. The maximum atomic E-state index is 8.77. The molecule has 2 aromatic rings. The van der Waals surface area contributed by atoms with Gasteiger partial charge in [0.05, 0.1) is 0 Å². The van der Waals surface area contributed by atoms with Crippen molar-refractivity contribution in [1.82, 2.24) is 0 Å². The third-order valence-corrected chi connectivity index (χ3v) is 3.81. The van der Waals surface area contributed by atoms with Crippen LogP contribution in [0.15, 0.2) is 48.5 Å². The molecule has 7 heteroatoms. The minimum atomic E-state index is -1.54. The molecule has 2 rings (SSSR count). The number of hydrogen-bond donors (Lipinski definition) is 0. The van der Waals surface area contributed by atoms with Crippen LogP contribution in [0.1, 0.15) is 11.1 Å². The zero-order chi connectivity index (χ0) is 13.5. The van der Waals surface area contributed by atoms with Crippen LogP contribution in [0.25, 0.3) is 0 Å². The number of hydrogen-bond acceptors (Lipinski definition) is 4. The first-order valence-electron chi connectivity index (χ1n) is 5.41. The van der Waals surface area contributed by atoms with Crippen LogP contribution in [0.2, 0.25) is 0 Å². The molecule has 0 saturated heterocycles. The van der Waals surface area contributed by atoms with Gasteiger partial charge in [0.2, 0.25) is 0 Å².